The van der Waals surface area contributed by atoms with Crippen LogP contribution in [-0.4, -0.2) is 15.1 Å². The fourth-order valence-corrected chi connectivity index (χ4v) is 0.923. The van der Waals surface area contributed by atoms with Gasteiger partial charge in [-0.25, -0.2) is 9.97 Å². The van der Waals surface area contributed by atoms with E-state index in [1.807, 2.05) is 6.92 Å². The molecular formula is C6H9N2OP. The van der Waals surface area contributed by atoms with Crippen molar-refractivity contribution in [3.05, 3.63) is 12.0 Å². The summed E-state index contributed by atoms with van der Waals surface area (Å²) in [6, 6.07) is 0. The third-order valence-corrected chi connectivity index (χ3v) is 1.68. The second kappa shape index (κ2) is 2.93. The quantitative estimate of drug-likeness (QED) is 0.592. The van der Waals surface area contributed by atoms with E-state index in [2.05, 4.69) is 19.2 Å². The zero-order chi connectivity index (χ0) is 7.56. The molecule has 0 fully saturated rings. The molecule has 1 heterocycles. The Kier molecular flexibility index (Phi) is 2.17. The molecule has 0 amide bonds. The molecule has 1 N–H and O–H groups in total. The van der Waals surface area contributed by atoms with E-state index in [-0.39, 0.29) is 5.75 Å². The minimum atomic E-state index is 0.190. The highest BCUT2D eigenvalue weighted by atomic mass is 31.0. The van der Waals surface area contributed by atoms with Crippen LogP contribution in [-0.2, 0) is 6.42 Å². The molecule has 54 valence electrons. The summed E-state index contributed by atoms with van der Waals surface area (Å²) in [7, 11) is 2.35. The molecule has 0 saturated carbocycles. The monoisotopic (exact) mass is 156 g/mol. The van der Waals surface area contributed by atoms with Crippen LogP contribution in [0.5, 0.6) is 5.75 Å². The van der Waals surface area contributed by atoms with E-state index in [9.17, 15) is 5.11 Å². The van der Waals surface area contributed by atoms with Gasteiger partial charge in [0.1, 0.15) is 11.8 Å². The molecule has 0 radical (unpaired) electrons. The van der Waals surface area contributed by atoms with Gasteiger partial charge in [-0.15, -0.1) is 0 Å². The molecule has 1 aromatic heterocycles. The molecule has 0 bridgehead atoms. The van der Waals surface area contributed by atoms with E-state index >= 15 is 0 Å². The zero-order valence-corrected chi connectivity index (χ0v) is 6.86. The molecule has 1 atom stereocenters. The predicted octanol–water partition coefficient (Wildman–Crippen LogP) is 0.245. The second-order valence-corrected chi connectivity index (χ2v) is 2.45. The molecule has 10 heavy (non-hydrogen) atoms. The molecule has 0 saturated heterocycles. The van der Waals surface area contributed by atoms with Gasteiger partial charge < -0.3 is 5.11 Å². The summed E-state index contributed by atoms with van der Waals surface area (Å²) in [4.78, 5) is 7.67. The average molecular weight is 156 g/mol. The van der Waals surface area contributed by atoms with Crippen LogP contribution in [0.15, 0.2) is 6.33 Å². The van der Waals surface area contributed by atoms with Crippen LogP contribution in [0.1, 0.15) is 12.6 Å². The molecule has 1 aromatic rings. The van der Waals surface area contributed by atoms with Crippen molar-refractivity contribution >= 4 is 14.7 Å². The van der Waals surface area contributed by atoms with Gasteiger partial charge in [0, 0.05) is 0 Å². The Hall–Kier alpha value is -0.690. The molecule has 3 nitrogen and oxygen atoms in total. The number of hydrogen-bond acceptors (Lipinski definition) is 3. The normalized spacial score (nSPS) is 9.80. The minimum Gasteiger partial charge on any atom is -0.504 e. The zero-order valence-electron chi connectivity index (χ0n) is 5.70. The first-order chi connectivity index (χ1) is 4.75. The first kappa shape index (κ1) is 7.42. The Balaban J connectivity index is 3.14. The van der Waals surface area contributed by atoms with Gasteiger partial charge in [-0.1, -0.05) is 16.2 Å². The highest BCUT2D eigenvalue weighted by molar-refractivity contribution is 7.27. The van der Waals surface area contributed by atoms with Gasteiger partial charge in [0.05, 0.1) is 5.69 Å². The van der Waals surface area contributed by atoms with Crippen LogP contribution in [0.25, 0.3) is 0 Å². The number of aromatic nitrogens is 2. The molecule has 0 spiro atoms. The number of nitrogens with zero attached hydrogens (tertiary/aromatic N) is 2. The van der Waals surface area contributed by atoms with Gasteiger partial charge >= 0.3 is 0 Å². The predicted molar refractivity (Wildman–Crippen MR) is 42.4 cm³/mol. The van der Waals surface area contributed by atoms with Crippen molar-refractivity contribution in [3.63, 3.8) is 0 Å². The van der Waals surface area contributed by atoms with E-state index < -0.39 is 0 Å². The fourth-order valence-electron chi connectivity index (χ4n) is 0.690. The third-order valence-electron chi connectivity index (χ3n) is 1.26. The second-order valence-electron chi connectivity index (χ2n) is 1.91. The molecule has 1 unspecified atom stereocenters. The van der Waals surface area contributed by atoms with E-state index in [4.69, 9.17) is 0 Å². The third kappa shape index (κ3) is 1.24. The number of rotatable bonds is 1. The molecule has 1 rings (SSSR count). The summed E-state index contributed by atoms with van der Waals surface area (Å²) in [6.07, 6.45) is 2.18. The molecule has 0 aromatic carbocycles. The summed E-state index contributed by atoms with van der Waals surface area (Å²) in [5.41, 5.74) is 1.26. The summed E-state index contributed by atoms with van der Waals surface area (Å²) < 4.78 is 0. The van der Waals surface area contributed by atoms with Crippen LogP contribution in [0.2, 0.25) is 0 Å². The van der Waals surface area contributed by atoms with Crippen molar-refractivity contribution in [2.24, 2.45) is 0 Å². The molecule has 4 heteroatoms. The van der Waals surface area contributed by atoms with Crippen molar-refractivity contribution in [1.82, 2.24) is 9.97 Å². The maximum absolute atomic E-state index is 9.25. The Bertz CT molecular complexity index is 239. The lowest BCUT2D eigenvalue weighted by atomic mass is 10.3. The lowest BCUT2D eigenvalue weighted by molar-refractivity contribution is 0.467. The Morgan fingerprint density at radius 3 is 2.80 bits per heavy atom. The van der Waals surface area contributed by atoms with Crippen molar-refractivity contribution in [3.8, 4) is 5.75 Å². The van der Waals surface area contributed by atoms with E-state index in [0.717, 1.165) is 6.42 Å². The molecular weight excluding hydrogens is 147 g/mol. The Morgan fingerprint density at radius 1 is 1.60 bits per heavy atom. The number of aromatic hydroxyl groups is 1. The van der Waals surface area contributed by atoms with Gasteiger partial charge in [-0.2, -0.15) is 0 Å². The largest absolute Gasteiger partial charge is 0.504 e. The van der Waals surface area contributed by atoms with Crippen molar-refractivity contribution in [2.45, 2.75) is 13.3 Å². The van der Waals surface area contributed by atoms with Crippen LogP contribution >= 0.6 is 9.24 Å². The van der Waals surface area contributed by atoms with Gasteiger partial charge in [0.25, 0.3) is 0 Å². The van der Waals surface area contributed by atoms with Crippen LogP contribution in [0, 0.1) is 0 Å². The van der Waals surface area contributed by atoms with Crippen molar-refractivity contribution in [2.75, 3.05) is 0 Å². The molecule has 0 aliphatic rings. The lowest BCUT2D eigenvalue weighted by Crippen LogP contribution is -2.02. The van der Waals surface area contributed by atoms with Gasteiger partial charge in [0.15, 0.2) is 5.75 Å². The number of hydrogen-bond donors (Lipinski definition) is 1. The topological polar surface area (TPSA) is 46.0 Å². The van der Waals surface area contributed by atoms with E-state index in [1.165, 1.54) is 6.33 Å². The average Bonchev–Trinajstić information content (AvgIpc) is 1.95. The standard InChI is InChI=1S/C6H9N2OP/c1-2-4-5(9)6(10)8-3-7-4/h3,9H,2,10H2,1H3. The van der Waals surface area contributed by atoms with Gasteiger partial charge in [-0.3, -0.25) is 0 Å². The van der Waals surface area contributed by atoms with Crippen LogP contribution in [0.4, 0.5) is 0 Å². The summed E-state index contributed by atoms with van der Waals surface area (Å²) in [6.45, 7) is 1.94. The fraction of sp³-hybridized carbons (Fsp3) is 0.333. The Labute approximate surface area is 61.7 Å². The molecule has 0 aliphatic heterocycles. The first-order valence-corrected chi connectivity index (χ1v) is 3.61. The lowest BCUT2D eigenvalue weighted by Gasteiger charge is -2.00. The summed E-state index contributed by atoms with van der Waals surface area (Å²) in [5, 5.41) is 9.25. The summed E-state index contributed by atoms with van der Waals surface area (Å²) >= 11 is 0. The maximum atomic E-state index is 9.25. The highest BCUT2D eigenvalue weighted by Crippen LogP contribution is 2.11. The Morgan fingerprint density at radius 2 is 2.30 bits per heavy atom. The minimum absolute atomic E-state index is 0.190. The maximum Gasteiger partial charge on any atom is 0.162 e. The van der Waals surface area contributed by atoms with E-state index in [1.54, 1.807) is 0 Å². The van der Waals surface area contributed by atoms with Crippen LogP contribution < -0.4 is 5.44 Å². The van der Waals surface area contributed by atoms with Crippen LogP contribution in [0.3, 0.4) is 0 Å². The smallest absolute Gasteiger partial charge is 0.162 e. The van der Waals surface area contributed by atoms with E-state index in [0.29, 0.717) is 11.1 Å². The molecule has 0 aliphatic carbocycles. The van der Waals surface area contributed by atoms with Crippen molar-refractivity contribution in [1.29, 1.82) is 0 Å². The van der Waals surface area contributed by atoms with Gasteiger partial charge in [0.2, 0.25) is 0 Å². The SMILES string of the molecule is CCc1ncnc(P)c1O. The highest BCUT2D eigenvalue weighted by Gasteiger charge is 2.02. The summed E-state index contributed by atoms with van der Waals surface area (Å²) in [5.74, 6) is 0.190. The number of aryl methyl sites for hydroxylation is 1. The first-order valence-electron chi connectivity index (χ1n) is 3.04. The van der Waals surface area contributed by atoms with Gasteiger partial charge in [-0.05, 0) is 6.42 Å². The van der Waals surface area contributed by atoms with Crippen molar-refractivity contribution < 1.29 is 5.11 Å².